The summed E-state index contributed by atoms with van der Waals surface area (Å²) in [4.78, 5) is 70.8. The fraction of sp³-hybridized carbons (Fsp3) is 0.222. The predicted molar refractivity (Wildman–Crippen MR) is 374 cm³/mol. The number of fused-ring (bicyclic) bond motifs is 6. The zero-order valence-electron chi connectivity index (χ0n) is 53.3. The number of alkyl halides is 1. The second-order valence-electron chi connectivity index (χ2n) is 23.4. The Hall–Kier alpha value is -5.03. The number of benzene rings is 6. The largest absolute Gasteiger partial charge is 1.00 e. The third kappa shape index (κ3) is 15.5. The van der Waals surface area contributed by atoms with E-state index in [0.29, 0.717) is 18.8 Å². The van der Waals surface area contributed by atoms with Crippen molar-refractivity contribution in [3.05, 3.63) is 253 Å². The SMILES string of the molecule is BrCc1ncc2ccccc2c1Br.C.CC1(n2c(=O)[nH]c3ccccc32)CC1.CC1(n2c(=O)n(Cc3ncc4ccccc4c3-c3ccc(C#N)nc3)c3ccccc32)CC1.CC1(n2c(=O)n(Cc3ncc4ccccc4c3Br)c3ccccc32)CC1.O=CO[O-].[CH3-].[Cs+].[Cs+].[H-]. The van der Waals surface area contributed by atoms with E-state index in [1.165, 1.54) is 10.8 Å². The number of aromatic amines is 1. The van der Waals surface area contributed by atoms with Gasteiger partial charge in [0.25, 0.3) is 6.47 Å². The minimum atomic E-state index is -0.181. The summed E-state index contributed by atoms with van der Waals surface area (Å²) in [6.45, 7) is 7.06. The molecule has 470 valence electrons. The van der Waals surface area contributed by atoms with Crippen molar-refractivity contribution in [2.45, 2.75) is 102 Å². The van der Waals surface area contributed by atoms with Crippen molar-refractivity contribution in [2.75, 3.05) is 0 Å². The van der Waals surface area contributed by atoms with Crippen LogP contribution in [0.1, 0.15) is 90.9 Å². The predicted octanol–water partition coefficient (Wildman–Crippen LogP) is 8.89. The van der Waals surface area contributed by atoms with Crippen molar-refractivity contribution in [1.82, 2.24) is 47.8 Å². The van der Waals surface area contributed by atoms with Crippen LogP contribution in [-0.4, -0.2) is 54.2 Å². The van der Waals surface area contributed by atoms with Crippen molar-refractivity contribution in [2.24, 2.45) is 0 Å². The van der Waals surface area contributed by atoms with E-state index in [0.717, 1.165) is 136 Å². The molecule has 3 fully saturated rings. The number of pyridine rings is 4. The van der Waals surface area contributed by atoms with E-state index >= 15 is 0 Å². The number of carbonyl (C=O) groups excluding carboxylic acids is 1. The van der Waals surface area contributed by atoms with Gasteiger partial charge in [0, 0.05) is 83.0 Å². The Morgan fingerprint density at radius 2 is 0.947 bits per heavy atom. The molecule has 0 unspecified atom stereocenters. The number of nitrogens with zero attached hydrogens (tertiary/aromatic N) is 10. The molecule has 7 aromatic heterocycles. The molecule has 22 heteroatoms. The minimum absolute atomic E-state index is 0. The van der Waals surface area contributed by atoms with Gasteiger partial charge in [-0.1, -0.05) is 133 Å². The van der Waals surface area contributed by atoms with Crippen LogP contribution in [0.15, 0.2) is 206 Å². The molecule has 16 rings (SSSR count). The van der Waals surface area contributed by atoms with Gasteiger partial charge in [0.2, 0.25) is 0 Å². The standard InChI is InChI=1S/C27H21N5O.C21H18BrN3O.C11H12N2O.C10H7Br2N.CH2O3.CH4.CH3.2Cs.H/c1-27(12-13-27)32-24-9-5-4-8-23(24)31(26(32)33)17-22-25(19-10-11-20(14-28)29-16-19)21-7-3-2-6-18(21)15-30-22;1-21(10-11-21)25-18-9-5-4-8-17(18)24(20(25)26)13-16-19(22)15-7-3-2-6-14(15)12-23-16;1-11(6-7-11)13-9-5-3-2-4-8(9)12-10(13)14;11-5-9-10(12)8-4-2-1-3-7(8)6-13-9;2-1-4-3;;;;;/h2-11,15-16H,12-13,17H2,1H3;2-9,12H,10-11,13H2,1H3;2-5H,6-7H2,1H3,(H,12,14);1-4,6H,5H2;1,3H;1H4;1H3;;;/q;;;;;;-1;2*+1;-1/p-1. The number of H-pyrrole nitrogens is 1. The molecule has 3 saturated carbocycles. The van der Waals surface area contributed by atoms with Crippen LogP contribution in [0.5, 0.6) is 0 Å². The summed E-state index contributed by atoms with van der Waals surface area (Å²) in [5, 5.41) is 25.0. The summed E-state index contributed by atoms with van der Waals surface area (Å²) < 4.78 is 11.5. The molecular weight excluding hydrogens is 1620 g/mol. The minimum Gasteiger partial charge on any atom is -1.00 e. The van der Waals surface area contributed by atoms with Crippen molar-refractivity contribution >= 4 is 120 Å². The summed E-state index contributed by atoms with van der Waals surface area (Å²) >= 11 is 10.7. The van der Waals surface area contributed by atoms with Crippen molar-refractivity contribution in [1.29, 1.82) is 5.26 Å². The van der Waals surface area contributed by atoms with E-state index in [2.05, 4.69) is 124 Å². The Morgan fingerprint density at radius 3 is 1.40 bits per heavy atom. The first kappa shape index (κ1) is 74.8. The second-order valence-corrected chi connectivity index (χ2v) is 25.6. The van der Waals surface area contributed by atoms with Crippen LogP contribution in [-0.2, 0) is 44.7 Å². The van der Waals surface area contributed by atoms with Crippen LogP contribution < -0.4 is 160 Å². The number of halogens is 3. The molecule has 13 aromatic rings. The van der Waals surface area contributed by atoms with Crippen LogP contribution >= 0.6 is 47.8 Å². The van der Waals surface area contributed by atoms with E-state index in [-0.39, 0.29) is 194 Å². The van der Waals surface area contributed by atoms with Gasteiger partial charge in [-0.25, -0.2) is 19.4 Å². The summed E-state index contributed by atoms with van der Waals surface area (Å²) in [7, 11) is 0. The van der Waals surface area contributed by atoms with Crippen LogP contribution in [0.3, 0.4) is 0 Å². The average Bonchev–Trinajstić information content (AvgIpc) is 1.59. The number of nitrogens with one attached hydrogen (secondary N) is 1. The van der Waals surface area contributed by atoms with Crippen LogP contribution in [0.2, 0.25) is 0 Å². The third-order valence-electron chi connectivity index (χ3n) is 17.2. The van der Waals surface area contributed by atoms with Crippen LogP contribution in [0, 0.1) is 18.8 Å². The molecule has 3 aliphatic carbocycles. The maximum absolute atomic E-state index is 13.6. The first-order valence-corrected chi connectivity index (χ1v) is 32.0. The molecular formula is C72H67Br3Cs2N11O6-. The van der Waals surface area contributed by atoms with Gasteiger partial charge in [-0.05, 0) is 156 Å². The molecule has 0 spiro atoms. The van der Waals surface area contributed by atoms with Gasteiger partial charge in [-0.3, -0.25) is 42.6 Å². The summed E-state index contributed by atoms with van der Waals surface area (Å²) in [5.41, 5.74) is 10.7. The van der Waals surface area contributed by atoms with E-state index < -0.39 is 0 Å². The van der Waals surface area contributed by atoms with Gasteiger partial charge in [-0.15, -0.1) is 0 Å². The van der Waals surface area contributed by atoms with Crippen molar-refractivity contribution in [3.8, 4) is 17.2 Å². The molecule has 0 atom stereocenters. The van der Waals surface area contributed by atoms with Gasteiger partial charge in [-0.2, -0.15) is 5.26 Å². The van der Waals surface area contributed by atoms with Gasteiger partial charge < -0.3 is 24.0 Å². The fourth-order valence-electron chi connectivity index (χ4n) is 11.7. The van der Waals surface area contributed by atoms with Crippen molar-refractivity contribution in [3.63, 3.8) is 0 Å². The number of rotatable bonds is 10. The maximum Gasteiger partial charge on any atom is 1.00 e. The number of aromatic nitrogens is 10. The Bertz CT molecular complexity index is 5130. The molecule has 0 bridgehead atoms. The Morgan fingerprint density at radius 1 is 0.553 bits per heavy atom. The average molecular weight is 1690 g/mol. The zero-order valence-corrected chi connectivity index (χ0v) is 69.6. The van der Waals surface area contributed by atoms with Gasteiger partial charge in [0.05, 0.1) is 63.3 Å². The molecule has 17 nitrogen and oxygen atoms in total. The molecule has 6 aromatic carbocycles. The van der Waals surface area contributed by atoms with Gasteiger partial charge >= 0.3 is 155 Å². The molecule has 0 radical (unpaired) electrons. The molecule has 0 amide bonds. The molecule has 7 heterocycles. The summed E-state index contributed by atoms with van der Waals surface area (Å²) in [5.74, 6) is 0. The number of carbonyl (C=O) groups is 1. The number of nitriles is 1. The smallest absolute Gasteiger partial charge is 1.00 e. The topological polar surface area (TPSA) is 216 Å². The second kappa shape index (κ2) is 32.1. The number of para-hydroxylation sites is 6. The van der Waals surface area contributed by atoms with Gasteiger partial charge in [0.1, 0.15) is 11.8 Å². The molecule has 94 heavy (non-hydrogen) atoms. The van der Waals surface area contributed by atoms with E-state index in [9.17, 15) is 14.4 Å². The molecule has 3 aliphatic rings. The number of imidazole rings is 3. The van der Waals surface area contributed by atoms with Crippen LogP contribution in [0.25, 0.3) is 76.5 Å². The molecule has 0 aliphatic heterocycles. The Balaban J connectivity index is 0.000000183. The monoisotopic (exact) mass is 1680 g/mol. The maximum atomic E-state index is 13.6. The number of hydrogen-bond acceptors (Lipinski definition) is 11. The molecule has 1 N–H and O–H groups in total. The third-order valence-corrected chi connectivity index (χ3v) is 19.5. The Labute approximate surface area is 688 Å². The Kier molecular flexibility index (Phi) is 25.5. The zero-order chi connectivity index (χ0) is 62.9. The summed E-state index contributed by atoms with van der Waals surface area (Å²) in [6, 6.07) is 54.0. The van der Waals surface area contributed by atoms with Crippen LogP contribution in [0.4, 0.5) is 0 Å². The van der Waals surface area contributed by atoms with Crippen molar-refractivity contribution < 1.29 is 154 Å². The first-order valence-electron chi connectivity index (χ1n) is 29.3. The van der Waals surface area contributed by atoms with E-state index in [1.54, 1.807) is 12.3 Å². The van der Waals surface area contributed by atoms with E-state index in [4.69, 9.17) is 20.3 Å². The first-order chi connectivity index (χ1) is 43.6. The summed E-state index contributed by atoms with van der Waals surface area (Å²) in [6.07, 6.45) is 13.7. The molecule has 0 saturated heterocycles. The van der Waals surface area contributed by atoms with E-state index in [1.807, 2.05) is 169 Å². The quantitative estimate of drug-likeness (QED) is 0.0448. The fourth-order valence-corrected chi connectivity index (χ4v) is 13.7. The normalized spacial score (nSPS) is 13.9. The van der Waals surface area contributed by atoms with Gasteiger partial charge in [0.15, 0.2) is 0 Å². The number of hydrogen-bond donors (Lipinski definition) is 1.